The van der Waals surface area contributed by atoms with E-state index in [9.17, 15) is 0 Å². The maximum atomic E-state index is 6.33. The first-order chi connectivity index (χ1) is 8.09. The molecule has 2 heteroatoms. The Labute approximate surface area is 112 Å². The maximum Gasteiger partial charge on any atom is 0.126 e. The van der Waals surface area contributed by atoms with Crippen LogP contribution in [0.1, 0.15) is 24.0 Å². The van der Waals surface area contributed by atoms with Crippen molar-refractivity contribution in [3.05, 3.63) is 71.8 Å². The van der Waals surface area contributed by atoms with Gasteiger partial charge in [0.05, 0.1) is 0 Å². The van der Waals surface area contributed by atoms with Gasteiger partial charge in [-0.2, -0.15) is 0 Å². The van der Waals surface area contributed by atoms with Gasteiger partial charge >= 0.3 is 0 Å². The minimum absolute atomic E-state index is 0.0202. The van der Waals surface area contributed by atoms with Gasteiger partial charge in [0.15, 0.2) is 0 Å². The summed E-state index contributed by atoms with van der Waals surface area (Å²) in [5.74, 6) is -0.0202. The largest absolute Gasteiger partial charge is 0.126 e. The number of rotatable bonds is 3. The highest BCUT2D eigenvalue weighted by molar-refractivity contribution is 6.48. The Morgan fingerprint density at radius 3 is 1.41 bits per heavy atom. The van der Waals surface area contributed by atoms with Gasteiger partial charge in [-0.1, -0.05) is 60.7 Å². The lowest BCUT2D eigenvalue weighted by atomic mass is 9.88. The molecule has 0 radical (unpaired) electrons. The minimum Gasteiger partial charge on any atom is -0.101 e. The zero-order valence-electron chi connectivity index (χ0n) is 9.61. The molecule has 0 aliphatic carbocycles. The summed E-state index contributed by atoms with van der Waals surface area (Å²) in [6.07, 6.45) is 0. The Bertz CT molecular complexity index is 418. The van der Waals surface area contributed by atoms with Crippen molar-refractivity contribution in [2.24, 2.45) is 0 Å². The Hall–Kier alpha value is -0.980. The molecule has 0 amide bonds. The molecule has 2 rings (SSSR count). The van der Waals surface area contributed by atoms with E-state index in [-0.39, 0.29) is 5.92 Å². The van der Waals surface area contributed by atoms with Crippen molar-refractivity contribution >= 4 is 23.2 Å². The fourth-order valence-corrected chi connectivity index (χ4v) is 2.57. The highest BCUT2D eigenvalue weighted by Crippen LogP contribution is 2.41. The monoisotopic (exact) mass is 264 g/mol. The molecule has 0 unspecified atom stereocenters. The van der Waals surface area contributed by atoms with Crippen molar-refractivity contribution in [3.63, 3.8) is 0 Å². The maximum absolute atomic E-state index is 6.33. The summed E-state index contributed by atoms with van der Waals surface area (Å²) in [5, 5.41) is 0. The Morgan fingerprint density at radius 1 is 0.765 bits per heavy atom. The molecule has 2 aromatic carbocycles. The highest BCUT2D eigenvalue weighted by Gasteiger charge is 2.32. The summed E-state index contributed by atoms with van der Waals surface area (Å²) in [4.78, 5) is 0. The van der Waals surface area contributed by atoms with E-state index in [1.54, 1.807) is 0 Å². The second-order valence-electron chi connectivity index (χ2n) is 4.21. The number of benzene rings is 2. The number of halogens is 2. The molecule has 0 spiro atoms. The molecule has 0 heterocycles. The van der Waals surface area contributed by atoms with Gasteiger partial charge in [-0.3, -0.25) is 0 Å². The van der Waals surface area contributed by atoms with E-state index in [2.05, 4.69) is 24.3 Å². The number of hydrogen-bond acceptors (Lipinski definition) is 0. The third-order valence-electron chi connectivity index (χ3n) is 2.77. The van der Waals surface area contributed by atoms with E-state index in [1.807, 2.05) is 43.3 Å². The zero-order valence-corrected chi connectivity index (χ0v) is 11.1. The van der Waals surface area contributed by atoms with E-state index in [4.69, 9.17) is 23.2 Å². The van der Waals surface area contributed by atoms with Crippen LogP contribution in [0.25, 0.3) is 0 Å². The predicted octanol–water partition coefficient (Wildman–Crippen LogP) is 5.01. The predicted molar refractivity (Wildman–Crippen MR) is 74.8 cm³/mol. The van der Waals surface area contributed by atoms with Crippen LogP contribution in [-0.4, -0.2) is 4.33 Å². The molecule has 0 bridgehead atoms. The van der Waals surface area contributed by atoms with Crippen LogP contribution in [0, 0.1) is 0 Å². The normalized spacial score (nSPS) is 11.8. The van der Waals surface area contributed by atoms with E-state index < -0.39 is 4.33 Å². The molecule has 17 heavy (non-hydrogen) atoms. The molecule has 0 atom stereocenters. The number of hydrogen-bond donors (Lipinski definition) is 0. The van der Waals surface area contributed by atoms with Crippen molar-refractivity contribution < 1.29 is 0 Å². The lowest BCUT2D eigenvalue weighted by Gasteiger charge is -2.27. The van der Waals surface area contributed by atoms with Crippen LogP contribution in [0.4, 0.5) is 0 Å². The van der Waals surface area contributed by atoms with Crippen LogP contribution < -0.4 is 0 Å². The molecule has 0 aromatic heterocycles. The SMILES string of the molecule is CC(Cl)(Cl)C(c1ccccc1)c1ccccc1. The average Bonchev–Trinajstić information content (AvgIpc) is 2.30. The fraction of sp³-hybridized carbons (Fsp3) is 0.200. The van der Waals surface area contributed by atoms with Crippen molar-refractivity contribution in [2.75, 3.05) is 0 Å². The molecule has 0 saturated carbocycles. The topological polar surface area (TPSA) is 0 Å². The lowest BCUT2D eigenvalue weighted by molar-refractivity contribution is 0.727. The molecular weight excluding hydrogens is 251 g/mol. The lowest BCUT2D eigenvalue weighted by Crippen LogP contribution is -2.20. The van der Waals surface area contributed by atoms with Gasteiger partial charge in [0.25, 0.3) is 0 Å². The molecule has 88 valence electrons. The third-order valence-corrected chi connectivity index (χ3v) is 3.21. The van der Waals surface area contributed by atoms with Crippen molar-refractivity contribution in [1.82, 2.24) is 0 Å². The second-order valence-corrected chi connectivity index (χ2v) is 5.97. The molecule has 0 fully saturated rings. The standard InChI is InChI=1S/C15H14Cl2/c1-15(16,17)14(12-8-4-2-5-9-12)13-10-6-3-7-11-13/h2-11,14H,1H3. The molecule has 0 saturated heterocycles. The quantitative estimate of drug-likeness (QED) is 0.684. The smallest absolute Gasteiger partial charge is 0.101 e. The summed E-state index contributed by atoms with van der Waals surface area (Å²) in [6.45, 7) is 1.83. The minimum atomic E-state index is -0.831. The number of alkyl halides is 2. The summed E-state index contributed by atoms with van der Waals surface area (Å²) in [7, 11) is 0. The van der Waals surface area contributed by atoms with Gasteiger partial charge in [-0.25, -0.2) is 0 Å². The van der Waals surface area contributed by atoms with Crippen LogP contribution in [-0.2, 0) is 0 Å². The second kappa shape index (κ2) is 5.12. The first-order valence-corrected chi connectivity index (χ1v) is 6.32. The van der Waals surface area contributed by atoms with Crippen LogP contribution >= 0.6 is 23.2 Å². The van der Waals surface area contributed by atoms with E-state index in [1.165, 1.54) is 0 Å². The first-order valence-electron chi connectivity index (χ1n) is 5.57. The molecule has 0 N–H and O–H groups in total. The third kappa shape index (κ3) is 3.02. The highest BCUT2D eigenvalue weighted by atomic mass is 35.5. The molecule has 0 aliphatic heterocycles. The summed E-state index contributed by atoms with van der Waals surface area (Å²) < 4.78 is -0.831. The van der Waals surface area contributed by atoms with E-state index in [0.29, 0.717) is 0 Å². The van der Waals surface area contributed by atoms with Crippen LogP contribution in [0.3, 0.4) is 0 Å². The van der Waals surface area contributed by atoms with Crippen molar-refractivity contribution in [2.45, 2.75) is 17.2 Å². The van der Waals surface area contributed by atoms with Gasteiger partial charge in [-0.15, -0.1) is 23.2 Å². The van der Waals surface area contributed by atoms with Crippen molar-refractivity contribution in [1.29, 1.82) is 0 Å². The van der Waals surface area contributed by atoms with Crippen LogP contribution in [0.2, 0.25) is 0 Å². The van der Waals surface area contributed by atoms with E-state index in [0.717, 1.165) is 11.1 Å². The summed E-state index contributed by atoms with van der Waals surface area (Å²) in [6, 6.07) is 20.2. The summed E-state index contributed by atoms with van der Waals surface area (Å²) >= 11 is 12.7. The van der Waals surface area contributed by atoms with Crippen LogP contribution in [0.15, 0.2) is 60.7 Å². The van der Waals surface area contributed by atoms with Crippen molar-refractivity contribution in [3.8, 4) is 0 Å². The molecule has 0 aliphatic rings. The van der Waals surface area contributed by atoms with Crippen LogP contribution in [0.5, 0.6) is 0 Å². The molecular formula is C15H14Cl2. The van der Waals surface area contributed by atoms with Gasteiger partial charge in [0, 0.05) is 5.92 Å². The van der Waals surface area contributed by atoms with E-state index >= 15 is 0 Å². The van der Waals surface area contributed by atoms with Gasteiger partial charge in [0.2, 0.25) is 0 Å². The Balaban J connectivity index is 2.48. The first kappa shape index (κ1) is 12.5. The Kier molecular flexibility index (Phi) is 3.76. The fourth-order valence-electron chi connectivity index (χ4n) is 2.07. The molecule has 0 nitrogen and oxygen atoms in total. The molecule has 2 aromatic rings. The Morgan fingerprint density at radius 2 is 1.12 bits per heavy atom. The van der Waals surface area contributed by atoms with Gasteiger partial charge in [0.1, 0.15) is 4.33 Å². The summed E-state index contributed by atoms with van der Waals surface area (Å²) in [5.41, 5.74) is 2.26. The van der Waals surface area contributed by atoms with Gasteiger partial charge < -0.3 is 0 Å². The zero-order chi connectivity index (χ0) is 12.3. The average molecular weight is 265 g/mol. The van der Waals surface area contributed by atoms with Gasteiger partial charge in [-0.05, 0) is 18.1 Å².